The zero-order valence-electron chi connectivity index (χ0n) is 12.1. The summed E-state index contributed by atoms with van der Waals surface area (Å²) in [4.78, 5) is 4.44. The molecule has 2 unspecified atom stereocenters. The number of hydrogen-bond donors (Lipinski definition) is 1. The Bertz CT molecular complexity index is 372. The van der Waals surface area contributed by atoms with Crippen LogP contribution < -0.4 is 5.32 Å². The number of nitrogens with one attached hydrogen (secondary N) is 1. The first-order chi connectivity index (χ1) is 8.46. The SMILES string of the molecule is CC1CC(N[C@@H](C)c2ccccn2)CC(C)(C)C1. The molecule has 1 fully saturated rings. The van der Waals surface area contributed by atoms with Gasteiger partial charge in [-0.1, -0.05) is 26.8 Å². The highest BCUT2D eigenvalue weighted by atomic mass is 15.0. The Morgan fingerprint density at radius 3 is 2.72 bits per heavy atom. The Balaban J connectivity index is 1.97. The highest BCUT2D eigenvalue weighted by molar-refractivity contribution is 5.08. The number of hydrogen-bond acceptors (Lipinski definition) is 2. The van der Waals surface area contributed by atoms with E-state index in [0.717, 1.165) is 11.6 Å². The lowest BCUT2D eigenvalue weighted by atomic mass is 9.70. The van der Waals surface area contributed by atoms with Gasteiger partial charge in [0, 0.05) is 18.3 Å². The summed E-state index contributed by atoms with van der Waals surface area (Å²) in [7, 11) is 0. The maximum Gasteiger partial charge on any atom is 0.0570 e. The molecule has 1 aromatic heterocycles. The minimum atomic E-state index is 0.345. The molecule has 2 nitrogen and oxygen atoms in total. The van der Waals surface area contributed by atoms with Crippen molar-refractivity contribution in [2.45, 2.75) is 59.0 Å². The minimum Gasteiger partial charge on any atom is -0.306 e. The van der Waals surface area contributed by atoms with Crippen LogP contribution in [0.25, 0.3) is 0 Å². The molecule has 1 aliphatic rings. The van der Waals surface area contributed by atoms with Crippen LogP contribution in [0.2, 0.25) is 0 Å². The highest BCUT2D eigenvalue weighted by Crippen LogP contribution is 2.39. The van der Waals surface area contributed by atoms with E-state index in [2.05, 4.69) is 50.1 Å². The van der Waals surface area contributed by atoms with Gasteiger partial charge in [0.25, 0.3) is 0 Å². The molecule has 0 saturated heterocycles. The van der Waals surface area contributed by atoms with Crippen LogP contribution >= 0.6 is 0 Å². The Labute approximate surface area is 111 Å². The van der Waals surface area contributed by atoms with E-state index in [4.69, 9.17) is 0 Å². The second-order valence-electron chi connectivity index (χ2n) is 6.75. The highest BCUT2D eigenvalue weighted by Gasteiger charge is 2.32. The molecule has 0 aliphatic heterocycles. The van der Waals surface area contributed by atoms with Gasteiger partial charge < -0.3 is 5.32 Å². The molecule has 18 heavy (non-hydrogen) atoms. The standard InChI is InChI=1S/C16H26N2/c1-12-9-14(11-16(3,4)10-12)18-13(2)15-7-5-6-8-17-15/h5-8,12-14,18H,9-11H2,1-4H3/t12?,13-,14?/m0/s1. The molecule has 1 aromatic rings. The number of rotatable bonds is 3. The van der Waals surface area contributed by atoms with Crippen LogP contribution in [0.5, 0.6) is 0 Å². The molecule has 0 spiro atoms. The molecular weight excluding hydrogens is 220 g/mol. The topological polar surface area (TPSA) is 24.9 Å². The Hall–Kier alpha value is -0.890. The van der Waals surface area contributed by atoms with E-state index in [0.29, 0.717) is 17.5 Å². The van der Waals surface area contributed by atoms with Gasteiger partial charge in [0.1, 0.15) is 0 Å². The van der Waals surface area contributed by atoms with Gasteiger partial charge in [-0.3, -0.25) is 4.98 Å². The summed E-state index contributed by atoms with van der Waals surface area (Å²) in [5.41, 5.74) is 1.62. The monoisotopic (exact) mass is 246 g/mol. The molecule has 1 N–H and O–H groups in total. The van der Waals surface area contributed by atoms with Crippen molar-refractivity contribution < 1.29 is 0 Å². The summed E-state index contributed by atoms with van der Waals surface area (Å²) < 4.78 is 0. The second kappa shape index (κ2) is 5.40. The summed E-state index contributed by atoms with van der Waals surface area (Å²) in [5, 5.41) is 3.76. The van der Waals surface area contributed by atoms with Crippen molar-refractivity contribution in [2.24, 2.45) is 11.3 Å². The van der Waals surface area contributed by atoms with Gasteiger partial charge in [-0.05, 0) is 49.7 Å². The molecule has 1 aliphatic carbocycles. The second-order valence-corrected chi connectivity index (χ2v) is 6.75. The summed E-state index contributed by atoms with van der Waals surface area (Å²) >= 11 is 0. The normalized spacial score (nSPS) is 28.9. The van der Waals surface area contributed by atoms with E-state index < -0.39 is 0 Å². The first-order valence-corrected chi connectivity index (χ1v) is 7.13. The molecule has 0 radical (unpaired) electrons. The molecule has 100 valence electrons. The fourth-order valence-electron chi connectivity index (χ4n) is 3.54. The molecule has 3 atom stereocenters. The molecule has 0 aromatic carbocycles. The van der Waals surface area contributed by atoms with Crippen LogP contribution in [-0.4, -0.2) is 11.0 Å². The van der Waals surface area contributed by atoms with Crippen LogP contribution in [0.4, 0.5) is 0 Å². The van der Waals surface area contributed by atoms with E-state index >= 15 is 0 Å². The van der Waals surface area contributed by atoms with Crippen molar-refractivity contribution in [1.82, 2.24) is 10.3 Å². The zero-order valence-corrected chi connectivity index (χ0v) is 12.1. The van der Waals surface area contributed by atoms with Crippen LogP contribution in [0.1, 0.15) is 58.7 Å². The van der Waals surface area contributed by atoms with Crippen LogP contribution in [-0.2, 0) is 0 Å². The molecule has 0 amide bonds. The average molecular weight is 246 g/mol. The zero-order chi connectivity index (χ0) is 13.2. The van der Waals surface area contributed by atoms with E-state index in [1.807, 2.05) is 12.3 Å². The molecule has 2 heteroatoms. The van der Waals surface area contributed by atoms with E-state index in [9.17, 15) is 0 Å². The summed E-state index contributed by atoms with van der Waals surface area (Å²) in [5.74, 6) is 0.821. The van der Waals surface area contributed by atoms with Crippen molar-refractivity contribution in [3.8, 4) is 0 Å². The maximum atomic E-state index is 4.44. The lowest BCUT2D eigenvalue weighted by Gasteiger charge is -2.40. The van der Waals surface area contributed by atoms with Crippen molar-refractivity contribution in [3.63, 3.8) is 0 Å². The predicted molar refractivity (Wildman–Crippen MR) is 76.4 cm³/mol. The fraction of sp³-hybridized carbons (Fsp3) is 0.688. The number of aromatic nitrogens is 1. The Kier molecular flexibility index (Phi) is 4.06. The summed E-state index contributed by atoms with van der Waals surface area (Å²) in [6.45, 7) is 9.38. The summed E-state index contributed by atoms with van der Waals surface area (Å²) in [6, 6.07) is 7.11. The third kappa shape index (κ3) is 3.55. The molecule has 1 heterocycles. The third-order valence-electron chi connectivity index (χ3n) is 4.00. The van der Waals surface area contributed by atoms with Crippen molar-refractivity contribution >= 4 is 0 Å². The van der Waals surface area contributed by atoms with Crippen molar-refractivity contribution in [1.29, 1.82) is 0 Å². The van der Waals surface area contributed by atoms with Gasteiger partial charge >= 0.3 is 0 Å². The number of pyridine rings is 1. The Morgan fingerprint density at radius 2 is 2.11 bits per heavy atom. The largest absolute Gasteiger partial charge is 0.306 e. The first-order valence-electron chi connectivity index (χ1n) is 7.13. The van der Waals surface area contributed by atoms with Gasteiger partial charge in [0.15, 0.2) is 0 Å². The molecule has 1 saturated carbocycles. The van der Waals surface area contributed by atoms with E-state index in [-0.39, 0.29) is 0 Å². The molecular formula is C16H26N2. The van der Waals surface area contributed by atoms with Crippen molar-refractivity contribution in [3.05, 3.63) is 30.1 Å². The van der Waals surface area contributed by atoms with E-state index in [1.165, 1.54) is 19.3 Å². The number of nitrogens with zero attached hydrogens (tertiary/aromatic N) is 1. The Morgan fingerprint density at radius 1 is 1.33 bits per heavy atom. The average Bonchev–Trinajstić information content (AvgIpc) is 2.27. The van der Waals surface area contributed by atoms with Gasteiger partial charge in [-0.15, -0.1) is 0 Å². The smallest absolute Gasteiger partial charge is 0.0570 e. The minimum absolute atomic E-state index is 0.345. The maximum absolute atomic E-state index is 4.44. The van der Waals surface area contributed by atoms with Gasteiger partial charge in [-0.2, -0.15) is 0 Å². The molecule has 2 rings (SSSR count). The lowest BCUT2D eigenvalue weighted by molar-refractivity contribution is 0.145. The van der Waals surface area contributed by atoms with Gasteiger partial charge in [0.2, 0.25) is 0 Å². The van der Waals surface area contributed by atoms with Crippen molar-refractivity contribution in [2.75, 3.05) is 0 Å². The van der Waals surface area contributed by atoms with Crippen LogP contribution in [0, 0.1) is 11.3 Å². The first kappa shape index (κ1) is 13.5. The molecule has 0 bridgehead atoms. The lowest BCUT2D eigenvalue weighted by Crippen LogP contribution is -2.41. The quantitative estimate of drug-likeness (QED) is 0.873. The van der Waals surface area contributed by atoms with E-state index in [1.54, 1.807) is 0 Å². The van der Waals surface area contributed by atoms with Crippen LogP contribution in [0.3, 0.4) is 0 Å². The fourth-order valence-corrected chi connectivity index (χ4v) is 3.54. The third-order valence-corrected chi connectivity index (χ3v) is 4.00. The summed E-state index contributed by atoms with van der Waals surface area (Å²) in [6.07, 6.45) is 5.79. The van der Waals surface area contributed by atoms with Gasteiger partial charge in [0.05, 0.1) is 5.69 Å². The van der Waals surface area contributed by atoms with Gasteiger partial charge in [-0.25, -0.2) is 0 Å². The van der Waals surface area contributed by atoms with Crippen LogP contribution in [0.15, 0.2) is 24.4 Å². The predicted octanol–water partition coefficient (Wildman–Crippen LogP) is 3.95.